The van der Waals surface area contributed by atoms with Crippen LogP contribution in [-0.4, -0.2) is 28.8 Å². The van der Waals surface area contributed by atoms with Gasteiger partial charge in [-0.1, -0.05) is 23.7 Å². The highest BCUT2D eigenvalue weighted by Crippen LogP contribution is 2.14. The predicted molar refractivity (Wildman–Crippen MR) is 65.6 cm³/mol. The first-order chi connectivity index (χ1) is 8.41. The van der Waals surface area contributed by atoms with Crippen LogP contribution < -0.4 is 5.32 Å². The summed E-state index contributed by atoms with van der Waals surface area (Å²) in [6.07, 6.45) is -0.258. The number of halogens is 1. The van der Waals surface area contributed by atoms with Crippen molar-refractivity contribution in [3.05, 3.63) is 34.9 Å². The number of rotatable bonds is 5. The van der Waals surface area contributed by atoms with Gasteiger partial charge in [0.1, 0.15) is 11.8 Å². The Balaban J connectivity index is 2.82. The lowest BCUT2D eigenvalue weighted by molar-refractivity contribution is -0.140. The van der Waals surface area contributed by atoms with Crippen LogP contribution >= 0.6 is 11.6 Å². The van der Waals surface area contributed by atoms with Gasteiger partial charge in [0, 0.05) is 6.42 Å². The molecule has 1 atom stereocenters. The molecule has 18 heavy (non-hydrogen) atoms. The zero-order valence-electron chi connectivity index (χ0n) is 9.64. The number of hydrogen-bond donors (Lipinski definition) is 2. The third-order valence-corrected chi connectivity index (χ3v) is 2.54. The Morgan fingerprint density at radius 1 is 1.33 bits per heavy atom. The molecule has 1 aromatic carbocycles. The summed E-state index contributed by atoms with van der Waals surface area (Å²) in [4.78, 5) is 33.6. The Bertz CT molecular complexity index is 487. The van der Waals surface area contributed by atoms with Crippen LogP contribution in [0.25, 0.3) is 0 Å². The van der Waals surface area contributed by atoms with Crippen LogP contribution in [-0.2, 0) is 9.59 Å². The van der Waals surface area contributed by atoms with Crippen LogP contribution in [0.2, 0.25) is 5.02 Å². The van der Waals surface area contributed by atoms with Gasteiger partial charge in [-0.15, -0.1) is 0 Å². The molecular weight excluding hydrogens is 258 g/mol. The summed E-state index contributed by atoms with van der Waals surface area (Å²) in [5, 5.41) is 11.4. The van der Waals surface area contributed by atoms with Crippen molar-refractivity contribution in [2.45, 2.75) is 19.4 Å². The van der Waals surface area contributed by atoms with Crippen LogP contribution in [0, 0.1) is 0 Å². The number of Topliss-reactive ketones (excluding diaryl/α,β-unsaturated/α-hetero) is 1. The van der Waals surface area contributed by atoms with E-state index in [0.717, 1.165) is 0 Å². The summed E-state index contributed by atoms with van der Waals surface area (Å²) in [6.45, 7) is 1.26. The fraction of sp³-hybridized carbons (Fsp3) is 0.250. The number of carboxylic acids is 1. The van der Waals surface area contributed by atoms with E-state index in [1.807, 2.05) is 0 Å². The molecule has 0 aliphatic heterocycles. The molecule has 1 amide bonds. The molecule has 0 fully saturated rings. The standard InChI is InChI=1S/C12H12ClNO4/c1-7(15)6-10(12(17)18)14-11(16)8-4-2-3-5-9(8)13/h2-5,10H,6H2,1H3,(H,14,16)(H,17,18). The maximum absolute atomic E-state index is 11.8. The molecule has 0 radical (unpaired) electrons. The first-order valence-electron chi connectivity index (χ1n) is 5.19. The first-order valence-corrected chi connectivity index (χ1v) is 5.57. The number of nitrogens with one attached hydrogen (secondary N) is 1. The van der Waals surface area contributed by atoms with Crippen molar-refractivity contribution < 1.29 is 19.5 Å². The average Bonchev–Trinajstić information content (AvgIpc) is 2.27. The lowest BCUT2D eigenvalue weighted by Gasteiger charge is -2.13. The molecule has 0 bridgehead atoms. The molecule has 1 rings (SSSR count). The molecular formula is C12H12ClNO4. The highest BCUT2D eigenvalue weighted by atomic mass is 35.5. The van der Waals surface area contributed by atoms with E-state index in [0.29, 0.717) is 0 Å². The van der Waals surface area contributed by atoms with Crippen LogP contribution in [0.1, 0.15) is 23.7 Å². The van der Waals surface area contributed by atoms with E-state index in [-0.39, 0.29) is 22.8 Å². The van der Waals surface area contributed by atoms with Gasteiger partial charge in [0.05, 0.1) is 10.6 Å². The maximum Gasteiger partial charge on any atom is 0.326 e. The van der Waals surface area contributed by atoms with Gasteiger partial charge >= 0.3 is 5.97 Å². The van der Waals surface area contributed by atoms with E-state index < -0.39 is 17.9 Å². The van der Waals surface area contributed by atoms with E-state index in [9.17, 15) is 14.4 Å². The third kappa shape index (κ3) is 3.85. The van der Waals surface area contributed by atoms with Gasteiger partial charge < -0.3 is 10.4 Å². The zero-order chi connectivity index (χ0) is 13.7. The second kappa shape index (κ2) is 6.16. The van der Waals surface area contributed by atoms with Gasteiger partial charge in [-0.2, -0.15) is 0 Å². The number of hydrogen-bond acceptors (Lipinski definition) is 3. The predicted octanol–water partition coefficient (Wildman–Crippen LogP) is 1.50. The van der Waals surface area contributed by atoms with Gasteiger partial charge in [-0.05, 0) is 19.1 Å². The summed E-state index contributed by atoms with van der Waals surface area (Å²) in [5.74, 6) is -2.19. The number of carbonyl (C=O) groups is 3. The van der Waals surface area contributed by atoms with E-state index >= 15 is 0 Å². The van der Waals surface area contributed by atoms with Crippen molar-refractivity contribution >= 4 is 29.3 Å². The Hall–Kier alpha value is -1.88. The number of benzene rings is 1. The van der Waals surface area contributed by atoms with Gasteiger partial charge in [-0.3, -0.25) is 9.59 Å². The molecule has 0 aliphatic rings. The number of ketones is 1. The van der Waals surface area contributed by atoms with Crippen molar-refractivity contribution in [1.82, 2.24) is 5.32 Å². The fourth-order valence-electron chi connectivity index (χ4n) is 1.37. The fourth-order valence-corrected chi connectivity index (χ4v) is 1.59. The first kappa shape index (κ1) is 14.2. The van der Waals surface area contributed by atoms with Crippen molar-refractivity contribution in [1.29, 1.82) is 0 Å². The summed E-state index contributed by atoms with van der Waals surface area (Å²) in [6, 6.07) is 5.03. The minimum Gasteiger partial charge on any atom is -0.480 e. The van der Waals surface area contributed by atoms with Gasteiger partial charge in [0.15, 0.2) is 0 Å². The molecule has 0 aliphatic carbocycles. The van der Waals surface area contributed by atoms with E-state index in [4.69, 9.17) is 16.7 Å². The molecule has 2 N–H and O–H groups in total. The maximum atomic E-state index is 11.8. The number of carbonyl (C=O) groups excluding carboxylic acids is 2. The van der Waals surface area contributed by atoms with Gasteiger partial charge in [0.2, 0.25) is 0 Å². The molecule has 0 spiro atoms. The Morgan fingerprint density at radius 3 is 2.44 bits per heavy atom. The smallest absolute Gasteiger partial charge is 0.326 e. The van der Waals surface area contributed by atoms with E-state index in [1.165, 1.54) is 19.1 Å². The van der Waals surface area contributed by atoms with Crippen molar-refractivity contribution in [3.8, 4) is 0 Å². The minimum atomic E-state index is -1.26. The van der Waals surface area contributed by atoms with Crippen LogP contribution in [0.5, 0.6) is 0 Å². The second-order valence-electron chi connectivity index (χ2n) is 3.75. The molecule has 0 saturated carbocycles. The van der Waals surface area contributed by atoms with Crippen molar-refractivity contribution in [2.24, 2.45) is 0 Å². The largest absolute Gasteiger partial charge is 0.480 e. The molecule has 6 heteroatoms. The van der Waals surface area contributed by atoms with Crippen molar-refractivity contribution in [3.63, 3.8) is 0 Å². The van der Waals surface area contributed by atoms with Crippen molar-refractivity contribution in [2.75, 3.05) is 0 Å². The summed E-state index contributed by atoms with van der Waals surface area (Å²) < 4.78 is 0. The quantitative estimate of drug-likeness (QED) is 0.848. The summed E-state index contributed by atoms with van der Waals surface area (Å²) >= 11 is 5.81. The lowest BCUT2D eigenvalue weighted by atomic mass is 10.1. The SMILES string of the molecule is CC(=O)CC(NC(=O)c1ccccc1Cl)C(=O)O. The normalized spacial score (nSPS) is 11.7. The van der Waals surface area contributed by atoms with Crippen LogP contribution in [0.3, 0.4) is 0 Å². The summed E-state index contributed by atoms with van der Waals surface area (Å²) in [5.41, 5.74) is 0.175. The molecule has 0 heterocycles. The monoisotopic (exact) mass is 269 g/mol. The number of aliphatic carboxylic acids is 1. The average molecular weight is 270 g/mol. The van der Waals surface area contributed by atoms with Crippen LogP contribution in [0.4, 0.5) is 0 Å². The number of amides is 1. The molecule has 96 valence electrons. The van der Waals surface area contributed by atoms with Crippen LogP contribution in [0.15, 0.2) is 24.3 Å². The number of carboxylic acid groups (broad SMARTS) is 1. The molecule has 1 aromatic rings. The Morgan fingerprint density at radius 2 is 1.94 bits per heavy atom. The summed E-state index contributed by atoms with van der Waals surface area (Å²) in [7, 11) is 0. The lowest BCUT2D eigenvalue weighted by Crippen LogP contribution is -2.42. The molecule has 5 nitrogen and oxygen atoms in total. The Kier molecular flexibility index (Phi) is 4.85. The highest BCUT2D eigenvalue weighted by Gasteiger charge is 2.22. The van der Waals surface area contributed by atoms with Gasteiger partial charge in [0.25, 0.3) is 5.91 Å². The third-order valence-electron chi connectivity index (χ3n) is 2.21. The van der Waals surface area contributed by atoms with E-state index in [2.05, 4.69) is 5.32 Å². The van der Waals surface area contributed by atoms with Gasteiger partial charge in [-0.25, -0.2) is 4.79 Å². The minimum absolute atomic E-state index is 0.175. The topological polar surface area (TPSA) is 83.5 Å². The highest BCUT2D eigenvalue weighted by molar-refractivity contribution is 6.33. The Labute approximate surface area is 109 Å². The molecule has 1 unspecified atom stereocenters. The zero-order valence-corrected chi connectivity index (χ0v) is 10.4. The second-order valence-corrected chi connectivity index (χ2v) is 4.16. The molecule has 0 saturated heterocycles. The molecule has 0 aromatic heterocycles. The van der Waals surface area contributed by atoms with E-state index in [1.54, 1.807) is 12.1 Å².